The Labute approximate surface area is 252 Å². The molecule has 1 aromatic heterocycles. The van der Waals surface area contributed by atoms with Gasteiger partial charge in [0, 0.05) is 54.1 Å². The zero-order chi connectivity index (χ0) is 37.0. The van der Waals surface area contributed by atoms with Crippen LogP contribution in [0.2, 0.25) is 0 Å². The number of amides is 2. The standard InChI is InChI=1S/C31H33N3O6S/c1-20-8-4-7-11-29(20)41(37,38)33-30(35)22-13-12-21(28(17-22)39-3)16-23-19-34(2)27-15-14-24(18-26(23)27)32-31(36)40-25-9-5-6-10-25/h4,7-8,11-15,17-19,25H,5-6,9-10,16H2,1-3H3,(H,32,36)(H,33,35)/i1D3,9D2,10D2,16D2. The van der Waals surface area contributed by atoms with Crippen molar-refractivity contribution < 1.29 is 39.8 Å². The van der Waals surface area contributed by atoms with Gasteiger partial charge in [0.05, 0.1) is 12.0 Å². The minimum atomic E-state index is -4.63. The van der Waals surface area contributed by atoms with E-state index in [2.05, 4.69) is 5.32 Å². The van der Waals surface area contributed by atoms with E-state index in [0.29, 0.717) is 10.9 Å². The molecule has 1 aliphatic carbocycles. The Hall–Kier alpha value is -4.31. The lowest BCUT2D eigenvalue weighted by atomic mass is 10.0. The van der Waals surface area contributed by atoms with E-state index in [1.165, 1.54) is 49.7 Å². The van der Waals surface area contributed by atoms with E-state index in [0.717, 1.165) is 18.2 Å². The van der Waals surface area contributed by atoms with Gasteiger partial charge in [-0.25, -0.2) is 17.9 Å². The third kappa shape index (κ3) is 6.22. The summed E-state index contributed by atoms with van der Waals surface area (Å²) in [4.78, 5) is 25.2. The van der Waals surface area contributed by atoms with Crippen molar-refractivity contribution >= 4 is 38.6 Å². The second-order valence-electron chi connectivity index (χ2n) is 9.18. The fourth-order valence-corrected chi connectivity index (χ4v) is 5.49. The number of hydrogen-bond donors (Lipinski definition) is 2. The van der Waals surface area contributed by atoms with Crippen LogP contribution in [0.3, 0.4) is 0 Å². The van der Waals surface area contributed by atoms with Gasteiger partial charge in [0.1, 0.15) is 11.9 Å². The molecule has 0 bridgehead atoms. The molecular weight excluding hydrogens is 542 g/mol. The molecule has 0 radical (unpaired) electrons. The third-order valence-electron chi connectivity index (χ3n) is 6.38. The van der Waals surface area contributed by atoms with Crippen molar-refractivity contribution in [3.05, 3.63) is 89.1 Å². The smallest absolute Gasteiger partial charge is 0.411 e. The van der Waals surface area contributed by atoms with Gasteiger partial charge in [-0.05, 0) is 85.5 Å². The van der Waals surface area contributed by atoms with Crippen molar-refractivity contribution in [1.82, 2.24) is 9.29 Å². The lowest BCUT2D eigenvalue weighted by molar-refractivity contribution is 0.0980. The summed E-state index contributed by atoms with van der Waals surface area (Å²) in [6, 6.07) is 13.1. The Morgan fingerprint density at radius 1 is 1.10 bits per heavy atom. The first-order valence-electron chi connectivity index (χ1n) is 17.0. The van der Waals surface area contributed by atoms with E-state index in [9.17, 15) is 18.0 Å². The van der Waals surface area contributed by atoms with Gasteiger partial charge in [0.15, 0.2) is 0 Å². The quantitative estimate of drug-likeness (QED) is 0.275. The van der Waals surface area contributed by atoms with Crippen LogP contribution in [-0.2, 0) is 28.2 Å². The number of carbonyl (C=O) groups excluding carboxylic acids is 2. The number of methoxy groups -OCH3 is 1. The molecule has 214 valence electrons. The molecule has 1 fully saturated rings. The van der Waals surface area contributed by atoms with Gasteiger partial charge in [0.25, 0.3) is 15.9 Å². The number of ether oxygens (including phenoxy) is 2. The second kappa shape index (κ2) is 11.7. The second-order valence-corrected chi connectivity index (χ2v) is 10.8. The molecule has 1 saturated carbocycles. The number of nitrogens with zero attached hydrogens (tertiary/aromatic N) is 1. The zero-order valence-electron chi connectivity index (χ0n) is 31.1. The first kappa shape index (κ1) is 18.9. The number of benzene rings is 3. The Morgan fingerprint density at radius 3 is 2.63 bits per heavy atom. The van der Waals surface area contributed by atoms with Crippen molar-refractivity contribution in [3.8, 4) is 5.75 Å². The van der Waals surface area contributed by atoms with Crippen molar-refractivity contribution in [2.45, 2.75) is 49.8 Å². The molecule has 41 heavy (non-hydrogen) atoms. The van der Waals surface area contributed by atoms with Gasteiger partial charge in [-0.3, -0.25) is 10.1 Å². The number of anilines is 1. The molecule has 5 rings (SSSR count). The Morgan fingerprint density at radius 2 is 1.88 bits per heavy atom. The van der Waals surface area contributed by atoms with Crippen molar-refractivity contribution in [2.24, 2.45) is 7.05 Å². The number of sulfonamides is 1. The Balaban J connectivity index is 1.43. The molecule has 0 atom stereocenters. The molecule has 2 N–H and O–H groups in total. The van der Waals surface area contributed by atoms with Crippen LogP contribution in [0, 0.1) is 6.85 Å². The predicted octanol–water partition coefficient (Wildman–Crippen LogP) is 5.70. The summed E-state index contributed by atoms with van der Waals surface area (Å²) in [5.41, 5.74) is 0.174. The molecule has 0 spiro atoms. The van der Waals surface area contributed by atoms with Gasteiger partial charge in [0.2, 0.25) is 0 Å². The SMILES string of the molecule is [2H]C([2H])([2H])c1ccccc1S(=O)(=O)NC(=O)c1ccc(C([2H])([2H])c2cn(C)c3ccc(NC(=O)OC4C([2H])([2H])CCC4([2H])[2H])cc23)c(OC)c1. The van der Waals surface area contributed by atoms with E-state index in [-0.39, 0.29) is 41.0 Å². The molecule has 2 amide bonds. The first-order chi connectivity index (χ1) is 23.1. The Kier molecular flexibility index (Phi) is 5.38. The van der Waals surface area contributed by atoms with Crippen LogP contribution in [0.5, 0.6) is 5.75 Å². The third-order valence-corrected chi connectivity index (χ3v) is 7.77. The summed E-state index contributed by atoms with van der Waals surface area (Å²) < 4.78 is 114. The van der Waals surface area contributed by atoms with Crippen LogP contribution in [0.25, 0.3) is 10.9 Å². The average Bonchev–Trinajstić information content (AvgIpc) is 3.47. The summed E-state index contributed by atoms with van der Waals surface area (Å²) in [5, 5.41) is 2.84. The lowest BCUT2D eigenvalue weighted by Gasteiger charge is -2.13. The molecule has 0 unspecified atom stereocenters. The highest BCUT2D eigenvalue weighted by molar-refractivity contribution is 7.90. The summed E-state index contributed by atoms with van der Waals surface area (Å²) in [6.45, 7) is -2.77. The molecule has 1 heterocycles. The monoisotopic (exact) mass is 584 g/mol. The van der Waals surface area contributed by atoms with Crippen LogP contribution in [0.15, 0.2) is 71.8 Å². The number of carbonyl (C=O) groups is 2. The molecule has 4 aromatic rings. The molecular formula is C31H33N3O6S. The van der Waals surface area contributed by atoms with E-state index >= 15 is 0 Å². The highest BCUT2D eigenvalue weighted by atomic mass is 32.2. The molecule has 0 saturated heterocycles. The van der Waals surface area contributed by atoms with Crippen molar-refractivity contribution in [3.63, 3.8) is 0 Å². The van der Waals surface area contributed by atoms with Crippen LogP contribution >= 0.6 is 0 Å². The van der Waals surface area contributed by atoms with Gasteiger partial charge < -0.3 is 14.0 Å². The maximum Gasteiger partial charge on any atom is 0.411 e. The molecule has 1 aliphatic rings. The topological polar surface area (TPSA) is 116 Å². The Bertz CT molecular complexity index is 2080. The molecule has 9 nitrogen and oxygen atoms in total. The molecule has 0 aliphatic heterocycles. The normalized spacial score (nSPS) is 20.1. The number of hydrogen-bond acceptors (Lipinski definition) is 6. The maximum absolute atomic E-state index is 13.1. The largest absolute Gasteiger partial charge is 0.496 e. The number of aromatic nitrogens is 1. The fourth-order valence-electron chi connectivity index (χ4n) is 4.40. The van der Waals surface area contributed by atoms with Crippen LogP contribution < -0.4 is 14.8 Å². The number of nitrogens with one attached hydrogen (secondary N) is 2. The summed E-state index contributed by atoms with van der Waals surface area (Å²) in [5.74, 6) is -1.21. The highest BCUT2D eigenvalue weighted by Gasteiger charge is 2.22. The fraction of sp³-hybridized carbons (Fsp3) is 0.290. The first-order valence-corrected chi connectivity index (χ1v) is 14.0. The zero-order valence-corrected chi connectivity index (χ0v) is 23.0. The van der Waals surface area contributed by atoms with Gasteiger partial charge in [-0.2, -0.15) is 0 Å². The van der Waals surface area contributed by atoms with Gasteiger partial charge in [-0.15, -0.1) is 0 Å². The van der Waals surface area contributed by atoms with E-state index in [1.54, 1.807) is 17.7 Å². The van der Waals surface area contributed by atoms with Crippen LogP contribution in [-0.4, -0.2) is 38.2 Å². The van der Waals surface area contributed by atoms with Crippen molar-refractivity contribution in [2.75, 3.05) is 12.4 Å². The number of aryl methyl sites for hydroxylation is 2. The predicted molar refractivity (Wildman–Crippen MR) is 157 cm³/mol. The number of fused-ring (bicyclic) bond motifs is 1. The summed E-state index contributed by atoms with van der Waals surface area (Å²) >= 11 is 0. The molecule has 10 heteroatoms. The van der Waals surface area contributed by atoms with E-state index in [1.807, 2.05) is 4.72 Å². The van der Waals surface area contributed by atoms with Gasteiger partial charge in [-0.1, -0.05) is 24.3 Å². The van der Waals surface area contributed by atoms with E-state index < -0.39 is 64.6 Å². The summed E-state index contributed by atoms with van der Waals surface area (Å²) in [6.07, 6.45) is -7.79. The van der Waals surface area contributed by atoms with Crippen LogP contribution in [0.4, 0.5) is 10.5 Å². The average molecular weight is 585 g/mol. The van der Waals surface area contributed by atoms with Crippen molar-refractivity contribution in [1.29, 1.82) is 0 Å². The van der Waals surface area contributed by atoms with Crippen LogP contribution in [0.1, 0.15) is 65.0 Å². The highest BCUT2D eigenvalue weighted by Crippen LogP contribution is 2.30. The van der Waals surface area contributed by atoms with Gasteiger partial charge >= 0.3 is 6.09 Å². The maximum atomic E-state index is 13.1. The minimum absolute atomic E-state index is 0.0249. The summed E-state index contributed by atoms with van der Waals surface area (Å²) in [7, 11) is -1.70. The number of rotatable bonds is 8. The van der Waals surface area contributed by atoms with E-state index in [4.69, 9.17) is 21.8 Å². The minimum Gasteiger partial charge on any atom is -0.496 e. The molecule has 3 aromatic carbocycles. The lowest BCUT2D eigenvalue weighted by Crippen LogP contribution is -2.31.